The van der Waals surface area contributed by atoms with Crippen molar-refractivity contribution in [1.82, 2.24) is 4.98 Å². The number of carbonyl (C=O) groups is 1. The van der Waals surface area contributed by atoms with Crippen LogP contribution in [0.1, 0.15) is 10.4 Å². The van der Waals surface area contributed by atoms with Crippen LogP contribution >= 0.6 is 22.9 Å². The Bertz CT molecular complexity index is 956. The van der Waals surface area contributed by atoms with Gasteiger partial charge in [0.1, 0.15) is 0 Å². The Morgan fingerprint density at radius 1 is 1.24 bits per heavy atom. The third kappa shape index (κ3) is 3.76. The van der Waals surface area contributed by atoms with Gasteiger partial charge in [-0.1, -0.05) is 23.7 Å². The van der Waals surface area contributed by atoms with Crippen molar-refractivity contribution in [3.05, 3.63) is 68.5 Å². The Hall–Kier alpha value is -2.97. The van der Waals surface area contributed by atoms with Crippen LogP contribution in [-0.2, 0) is 0 Å². The minimum absolute atomic E-state index is 0.0345. The van der Waals surface area contributed by atoms with Gasteiger partial charge in [0.05, 0.1) is 21.2 Å². The van der Waals surface area contributed by atoms with E-state index < -0.39 is 10.8 Å². The topological polar surface area (TPSA) is 111 Å². The number of carbonyl (C=O) groups excluding carboxylic acids is 1. The number of rotatable bonds is 4. The summed E-state index contributed by atoms with van der Waals surface area (Å²) in [5.41, 5.74) is 7.59. The highest BCUT2D eigenvalue weighted by atomic mass is 35.5. The number of nitrogens with two attached hydrogens (primary N) is 1. The van der Waals surface area contributed by atoms with E-state index in [4.69, 9.17) is 17.3 Å². The second-order valence-electron chi connectivity index (χ2n) is 5.02. The summed E-state index contributed by atoms with van der Waals surface area (Å²) in [6.07, 6.45) is 0. The number of hydrogen-bond acceptors (Lipinski definition) is 6. The normalized spacial score (nSPS) is 10.4. The third-order valence-electron chi connectivity index (χ3n) is 3.37. The van der Waals surface area contributed by atoms with Crippen LogP contribution in [0.15, 0.2) is 47.8 Å². The molecule has 0 saturated carbocycles. The molecule has 3 rings (SSSR count). The number of non-ortho nitro benzene ring substituents is 1. The molecule has 0 aliphatic heterocycles. The van der Waals surface area contributed by atoms with Gasteiger partial charge < -0.3 is 11.1 Å². The van der Waals surface area contributed by atoms with E-state index in [1.54, 1.807) is 24.3 Å². The Kier molecular flexibility index (Phi) is 4.64. The van der Waals surface area contributed by atoms with Crippen molar-refractivity contribution in [2.75, 3.05) is 11.1 Å². The van der Waals surface area contributed by atoms with E-state index in [1.807, 2.05) is 5.38 Å². The van der Waals surface area contributed by atoms with Crippen LogP contribution in [-0.4, -0.2) is 15.8 Å². The molecule has 1 aromatic heterocycles. The predicted octanol–water partition coefficient (Wildman–Crippen LogP) is 4.21. The highest BCUT2D eigenvalue weighted by molar-refractivity contribution is 7.13. The number of nitro benzene ring substituents is 1. The molecule has 0 atom stereocenters. The maximum Gasteiger partial charge on any atom is 0.270 e. The molecular weight excluding hydrogens is 364 g/mol. The molecule has 0 aliphatic rings. The molecule has 1 heterocycles. The second-order valence-corrected chi connectivity index (χ2v) is 6.32. The van der Waals surface area contributed by atoms with E-state index in [0.717, 1.165) is 17.3 Å². The van der Waals surface area contributed by atoms with E-state index >= 15 is 0 Å². The van der Waals surface area contributed by atoms with Gasteiger partial charge in [-0.05, 0) is 18.2 Å². The predicted molar refractivity (Wildman–Crippen MR) is 98.0 cm³/mol. The molecule has 3 aromatic rings. The lowest BCUT2D eigenvalue weighted by Gasteiger charge is -2.07. The monoisotopic (exact) mass is 374 g/mol. The van der Waals surface area contributed by atoms with E-state index in [-0.39, 0.29) is 16.3 Å². The first-order chi connectivity index (χ1) is 11.9. The lowest BCUT2D eigenvalue weighted by molar-refractivity contribution is -0.384. The molecular formula is C16H11ClN4O3S. The fourth-order valence-electron chi connectivity index (χ4n) is 2.14. The standard InChI is InChI=1S/C16H11ClN4O3S/c17-13-6-5-11(21(23)24)7-12(13)15(22)19-10-3-1-9(2-4-10)14-8-25-16(18)20-14/h1-8H,(H2,18,20)(H,19,22). The molecule has 0 saturated heterocycles. The lowest BCUT2D eigenvalue weighted by atomic mass is 10.1. The van der Waals surface area contributed by atoms with E-state index in [1.165, 1.54) is 23.5 Å². The zero-order valence-corrected chi connectivity index (χ0v) is 14.2. The smallest absolute Gasteiger partial charge is 0.270 e. The van der Waals surface area contributed by atoms with Crippen molar-refractivity contribution in [2.24, 2.45) is 0 Å². The summed E-state index contributed by atoms with van der Waals surface area (Å²) in [7, 11) is 0. The molecule has 1 amide bonds. The highest BCUT2D eigenvalue weighted by Crippen LogP contribution is 2.26. The van der Waals surface area contributed by atoms with Crippen molar-refractivity contribution in [3.8, 4) is 11.3 Å². The maximum atomic E-state index is 12.3. The molecule has 25 heavy (non-hydrogen) atoms. The molecule has 126 valence electrons. The van der Waals surface area contributed by atoms with Crippen LogP contribution in [0.2, 0.25) is 5.02 Å². The number of nitro groups is 1. The number of aromatic nitrogens is 1. The molecule has 0 bridgehead atoms. The van der Waals surface area contributed by atoms with E-state index in [2.05, 4.69) is 10.3 Å². The fourth-order valence-corrected chi connectivity index (χ4v) is 2.92. The van der Waals surface area contributed by atoms with Gasteiger partial charge in [-0.15, -0.1) is 11.3 Å². The van der Waals surface area contributed by atoms with Gasteiger partial charge in [-0.2, -0.15) is 0 Å². The zero-order chi connectivity index (χ0) is 18.0. The van der Waals surface area contributed by atoms with Crippen LogP contribution < -0.4 is 11.1 Å². The Morgan fingerprint density at radius 3 is 2.56 bits per heavy atom. The Morgan fingerprint density at radius 2 is 1.96 bits per heavy atom. The summed E-state index contributed by atoms with van der Waals surface area (Å²) >= 11 is 7.31. The van der Waals surface area contributed by atoms with Crippen LogP contribution in [0.5, 0.6) is 0 Å². The number of benzene rings is 2. The molecule has 2 aromatic carbocycles. The summed E-state index contributed by atoms with van der Waals surface area (Å²) < 4.78 is 0. The first-order valence-corrected chi connectivity index (χ1v) is 8.26. The SMILES string of the molecule is Nc1nc(-c2ccc(NC(=O)c3cc([N+](=O)[O-])ccc3Cl)cc2)cs1. The number of hydrogen-bond donors (Lipinski definition) is 2. The quantitative estimate of drug-likeness (QED) is 0.525. The van der Waals surface area contributed by atoms with Gasteiger partial charge in [0.2, 0.25) is 0 Å². The molecule has 7 nitrogen and oxygen atoms in total. The number of halogens is 1. The molecule has 0 fully saturated rings. The van der Waals surface area contributed by atoms with Crippen molar-refractivity contribution >= 4 is 45.4 Å². The fraction of sp³-hybridized carbons (Fsp3) is 0. The zero-order valence-electron chi connectivity index (χ0n) is 12.6. The average Bonchev–Trinajstić information content (AvgIpc) is 3.02. The molecule has 3 N–H and O–H groups in total. The van der Waals surface area contributed by atoms with Crippen LogP contribution in [0, 0.1) is 10.1 Å². The molecule has 9 heteroatoms. The third-order valence-corrected chi connectivity index (χ3v) is 4.37. The van der Waals surface area contributed by atoms with Gasteiger partial charge >= 0.3 is 0 Å². The Labute approximate surface area is 151 Å². The van der Waals surface area contributed by atoms with E-state index in [9.17, 15) is 14.9 Å². The average molecular weight is 375 g/mol. The summed E-state index contributed by atoms with van der Waals surface area (Å²) in [6.45, 7) is 0. The van der Waals surface area contributed by atoms with Crippen molar-refractivity contribution < 1.29 is 9.72 Å². The number of nitrogens with zero attached hydrogens (tertiary/aromatic N) is 2. The lowest BCUT2D eigenvalue weighted by Crippen LogP contribution is -2.12. The van der Waals surface area contributed by atoms with Crippen molar-refractivity contribution in [1.29, 1.82) is 0 Å². The van der Waals surface area contributed by atoms with Gasteiger partial charge in [-0.3, -0.25) is 14.9 Å². The van der Waals surface area contributed by atoms with Crippen molar-refractivity contribution in [3.63, 3.8) is 0 Å². The first-order valence-electron chi connectivity index (χ1n) is 7.01. The van der Waals surface area contributed by atoms with Gasteiger partial charge in [0, 0.05) is 28.8 Å². The highest BCUT2D eigenvalue weighted by Gasteiger charge is 2.16. The largest absolute Gasteiger partial charge is 0.375 e. The van der Waals surface area contributed by atoms with Crippen LogP contribution in [0.25, 0.3) is 11.3 Å². The minimum Gasteiger partial charge on any atom is -0.375 e. The maximum absolute atomic E-state index is 12.3. The summed E-state index contributed by atoms with van der Waals surface area (Å²) in [6, 6.07) is 10.7. The van der Waals surface area contributed by atoms with Gasteiger partial charge in [0.25, 0.3) is 11.6 Å². The summed E-state index contributed by atoms with van der Waals surface area (Å²) in [5.74, 6) is -0.528. The molecule has 0 radical (unpaired) electrons. The number of nitrogen functional groups attached to an aromatic ring is 1. The molecule has 0 spiro atoms. The summed E-state index contributed by atoms with van der Waals surface area (Å²) in [4.78, 5) is 26.8. The number of amides is 1. The minimum atomic E-state index is -0.582. The molecule has 0 unspecified atom stereocenters. The number of nitrogens with one attached hydrogen (secondary N) is 1. The molecule has 0 aliphatic carbocycles. The second kappa shape index (κ2) is 6.88. The first kappa shape index (κ1) is 16.9. The van der Waals surface area contributed by atoms with E-state index in [0.29, 0.717) is 10.8 Å². The number of thiazole rings is 1. The number of anilines is 2. The Balaban J connectivity index is 1.79. The van der Waals surface area contributed by atoms with Crippen LogP contribution in [0.4, 0.5) is 16.5 Å². The van der Waals surface area contributed by atoms with Gasteiger partial charge in [0.15, 0.2) is 5.13 Å². The van der Waals surface area contributed by atoms with Crippen molar-refractivity contribution in [2.45, 2.75) is 0 Å². The van der Waals surface area contributed by atoms with Crippen LogP contribution in [0.3, 0.4) is 0 Å². The summed E-state index contributed by atoms with van der Waals surface area (Å²) in [5, 5.41) is 16.0. The van der Waals surface area contributed by atoms with Gasteiger partial charge in [-0.25, -0.2) is 4.98 Å².